The summed E-state index contributed by atoms with van der Waals surface area (Å²) in [5.41, 5.74) is 2.94. The molecule has 1 unspecified atom stereocenters. The van der Waals surface area contributed by atoms with Crippen LogP contribution in [0.25, 0.3) is 0 Å². The second-order valence-electron chi connectivity index (χ2n) is 7.78. The van der Waals surface area contributed by atoms with Crippen molar-refractivity contribution >= 4 is 29.3 Å². The highest BCUT2D eigenvalue weighted by Crippen LogP contribution is 2.40. The van der Waals surface area contributed by atoms with Crippen LogP contribution in [0.2, 0.25) is 0 Å². The van der Waals surface area contributed by atoms with E-state index in [2.05, 4.69) is 29.5 Å². The summed E-state index contributed by atoms with van der Waals surface area (Å²) in [7, 11) is 0. The van der Waals surface area contributed by atoms with Crippen LogP contribution in [-0.2, 0) is 4.79 Å². The van der Waals surface area contributed by atoms with Gasteiger partial charge in [0.1, 0.15) is 11.8 Å². The van der Waals surface area contributed by atoms with Crippen molar-refractivity contribution in [2.24, 2.45) is 0 Å². The molecule has 0 saturated carbocycles. The maximum absolute atomic E-state index is 13.6. The second kappa shape index (κ2) is 10.6. The molecule has 7 nitrogen and oxygen atoms in total. The molecule has 3 aromatic rings. The van der Waals surface area contributed by atoms with Crippen LogP contribution in [0, 0.1) is 0 Å². The average molecular weight is 464 g/mol. The molecule has 1 amide bonds. The molecule has 1 atom stereocenters. The number of benzene rings is 2. The fourth-order valence-electron chi connectivity index (χ4n) is 3.74. The fraction of sp³-hybridized carbons (Fsp3) is 0.320. The van der Waals surface area contributed by atoms with Crippen LogP contribution in [0.4, 0.5) is 11.6 Å². The van der Waals surface area contributed by atoms with Crippen molar-refractivity contribution < 1.29 is 9.53 Å². The standard InChI is InChI=1S/C25H29N5O2S/c1-4-15-32-20-14-10-9-13-19(20)22-21(23(31)27-18-11-7-6-8-12-18)17(3)26-24-28-25(29-30(22)24)33-16-5-2/h6-14,22H,4-5,15-16H2,1-3H3,(H,27,31)(H,26,28,29). The van der Waals surface area contributed by atoms with Crippen LogP contribution >= 0.6 is 11.8 Å². The maximum atomic E-state index is 13.6. The summed E-state index contributed by atoms with van der Waals surface area (Å²) in [4.78, 5) is 18.2. The highest BCUT2D eigenvalue weighted by molar-refractivity contribution is 7.99. The number of fused-ring (bicyclic) bond motifs is 1. The quantitative estimate of drug-likeness (QED) is 0.408. The van der Waals surface area contributed by atoms with E-state index >= 15 is 0 Å². The van der Waals surface area contributed by atoms with Gasteiger partial charge in [0, 0.05) is 22.7 Å². The molecule has 0 saturated heterocycles. The molecule has 2 heterocycles. The van der Waals surface area contributed by atoms with E-state index in [1.54, 1.807) is 16.4 Å². The van der Waals surface area contributed by atoms with Crippen LogP contribution in [0.15, 0.2) is 71.0 Å². The summed E-state index contributed by atoms with van der Waals surface area (Å²) in [6.45, 7) is 6.70. The van der Waals surface area contributed by atoms with E-state index in [0.717, 1.165) is 41.3 Å². The number of carbonyl (C=O) groups is 1. The molecule has 2 N–H and O–H groups in total. The van der Waals surface area contributed by atoms with Crippen molar-refractivity contribution in [3.05, 3.63) is 71.4 Å². The van der Waals surface area contributed by atoms with E-state index in [0.29, 0.717) is 23.3 Å². The molecule has 0 fully saturated rings. The Hall–Kier alpha value is -3.26. The van der Waals surface area contributed by atoms with Crippen LogP contribution in [-0.4, -0.2) is 33.0 Å². The molecule has 0 aliphatic carbocycles. The van der Waals surface area contributed by atoms with Gasteiger partial charge in [-0.1, -0.05) is 62.0 Å². The van der Waals surface area contributed by atoms with E-state index in [-0.39, 0.29) is 5.91 Å². The lowest BCUT2D eigenvalue weighted by atomic mass is 9.94. The van der Waals surface area contributed by atoms with Crippen molar-refractivity contribution in [2.45, 2.75) is 44.8 Å². The lowest BCUT2D eigenvalue weighted by molar-refractivity contribution is -0.113. The van der Waals surface area contributed by atoms with Gasteiger partial charge >= 0.3 is 0 Å². The van der Waals surface area contributed by atoms with Gasteiger partial charge in [0.15, 0.2) is 0 Å². The third-order valence-electron chi connectivity index (χ3n) is 5.22. The Balaban J connectivity index is 1.79. The smallest absolute Gasteiger partial charge is 0.255 e. The Bertz CT molecular complexity index is 1140. The van der Waals surface area contributed by atoms with Crippen molar-refractivity contribution in [3.8, 4) is 5.75 Å². The molecule has 8 heteroatoms. The topological polar surface area (TPSA) is 81.1 Å². The average Bonchev–Trinajstić information content (AvgIpc) is 3.23. The summed E-state index contributed by atoms with van der Waals surface area (Å²) >= 11 is 1.61. The molecular weight excluding hydrogens is 434 g/mol. The van der Waals surface area contributed by atoms with Gasteiger partial charge in [-0.3, -0.25) is 4.79 Å². The van der Waals surface area contributed by atoms with Crippen molar-refractivity contribution in [2.75, 3.05) is 23.0 Å². The molecule has 2 aromatic carbocycles. The Morgan fingerprint density at radius 2 is 1.88 bits per heavy atom. The first-order chi connectivity index (χ1) is 16.1. The van der Waals surface area contributed by atoms with Gasteiger partial charge in [-0.25, -0.2) is 4.68 Å². The Kier molecular flexibility index (Phi) is 7.34. The highest BCUT2D eigenvalue weighted by Gasteiger charge is 2.36. The van der Waals surface area contributed by atoms with Gasteiger partial charge in [0.2, 0.25) is 11.1 Å². The van der Waals surface area contributed by atoms with Gasteiger partial charge in [-0.2, -0.15) is 4.98 Å². The molecule has 0 spiro atoms. The number of aromatic nitrogens is 3. The number of carbonyl (C=O) groups excluding carboxylic acids is 1. The lowest BCUT2D eigenvalue weighted by Gasteiger charge is -2.29. The highest BCUT2D eigenvalue weighted by atomic mass is 32.2. The van der Waals surface area contributed by atoms with Gasteiger partial charge < -0.3 is 15.4 Å². The predicted octanol–water partition coefficient (Wildman–Crippen LogP) is 5.50. The number of anilines is 2. The zero-order valence-corrected chi connectivity index (χ0v) is 20.0. The maximum Gasteiger partial charge on any atom is 0.255 e. The largest absolute Gasteiger partial charge is 0.493 e. The van der Waals surface area contributed by atoms with Crippen molar-refractivity contribution in [1.82, 2.24) is 14.8 Å². The van der Waals surface area contributed by atoms with Gasteiger partial charge in [-0.05, 0) is 38.0 Å². The number of ether oxygens (including phenoxy) is 1. The van der Waals surface area contributed by atoms with Crippen molar-refractivity contribution in [3.63, 3.8) is 0 Å². The minimum Gasteiger partial charge on any atom is -0.493 e. The van der Waals surface area contributed by atoms with E-state index in [1.165, 1.54) is 0 Å². The number of rotatable bonds is 9. The molecule has 1 aliphatic rings. The number of hydrogen-bond donors (Lipinski definition) is 2. The van der Waals surface area contributed by atoms with E-state index in [9.17, 15) is 4.79 Å². The molecule has 1 aromatic heterocycles. The number of nitrogens with one attached hydrogen (secondary N) is 2. The summed E-state index contributed by atoms with van der Waals surface area (Å²) in [6, 6.07) is 16.8. The van der Waals surface area contributed by atoms with Gasteiger partial charge in [0.05, 0.1) is 12.2 Å². The predicted molar refractivity (Wildman–Crippen MR) is 133 cm³/mol. The number of nitrogens with zero attached hydrogens (tertiary/aromatic N) is 3. The Labute approximate surface area is 198 Å². The van der Waals surface area contributed by atoms with E-state index < -0.39 is 6.04 Å². The van der Waals surface area contributed by atoms with E-state index in [1.807, 2.05) is 61.5 Å². The first-order valence-corrected chi connectivity index (χ1v) is 12.3. The number of hydrogen-bond acceptors (Lipinski definition) is 6. The first kappa shape index (κ1) is 22.9. The Morgan fingerprint density at radius 3 is 2.64 bits per heavy atom. The molecule has 172 valence electrons. The third-order valence-corrected chi connectivity index (χ3v) is 6.26. The van der Waals surface area contributed by atoms with Crippen molar-refractivity contribution in [1.29, 1.82) is 0 Å². The SMILES string of the molecule is CCCOc1ccccc1C1C(C(=O)Nc2ccccc2)=C(C)Nc2nc(SCCC)nn21. The lowest BCUT2D eigenvalue weighted by Crippen LogP contribution is -2.31. The molecule has 0 radical (unpaired) electrons. The molecule has 0 bridgehead atoms. The van der Waals surface area contributed by atoms with Crippen LogP contribution in [0.1, 0.15) is 45.2 Å². The third kappa shape index (κ3) is 5.06. The summed E-state index contributed by atoms with van der Waals surface area (Å²) in [5.74, 6) is 2.11. The zero-order valence-electron chi connectivity index (χ0n) is 19.2. The molecule has 33 heavy (non-hydrogen) atoms. The number of amides is 1. The summed E-state index contributed by atoms with van der Waals surface area (Å²) in [5, 5.41) is 11.8. The number of allylic oxidation sites excluding steroid dienone is 1. The normalized spacial score (nSPS) is 15.1. The molecule has 1 aliphatic heterocycles. The van der Waals surface area contributed by atoms with Crippen LogP contribution in [0.5, 0.6) is 5.75 Å². The molecular formula is C25H29N5O2S. The monoisotopic (exact) mass is 463 g/mol. The van der Waals surface area contributed by atoms with Gasteiger partial charge in [0.25, 0.3) is 5.91 Å². The minimum atomic E-state index is -0.471. The van der Waals surface area contributed by atoms with E-state index in [4.69, 9.17) is 9.84 Å². The summed E-state index contributed by atoms with van der Waals surface area (Å²) in [6.07, 6.45) is 1.92. The summed E-state index contributed by atoms with van der Waals surface area (Å²) < 4.78 is 7.87. The minimum absolute atomic E-state index is 0.189. The number of para-hydroxylation sites is 2. The molecule has 4 rings (SSSR count). The van der Waals surface area contributed by atoms with Crippen LogP contribution < -0.4 is 15.4 Å². The van der Waals surface area contributed by atoms with Gasteiger partial charge in [-0.15, -0.1) is 5.10 Å². The zero-order chi connectivity index (χ0) is 23.2. The number of thioether (sulfide) groups is 1. The van der Waals surface area contributed by atoms with Crippen LogP contribution in [0.3, 0.4) is 0 Å². The second-order valence-corrected chi connectivity index (χ2v) is 8.85. The first-order valence-electron chi connectivity index (χ1n) is 11.3. The fourth-order valence-corrected chi connectivity index (χ4v) is 4.42. The Morgan fingerprint density at radius 1 is 1.12 bits per heavy atom.